The first-order chi connectivity index (χ1) is 9.75. The molecule has 1 aromatic carbocycles. The van der Waals surface area contributed by atoms with Crippen molar-refractivity contribution in [2.24, 2.45) is 16.7 Å². The highest BCUT2D eigenvalue weighted by molar-refractivity contribution is 6.33. The van der Waals surface area contributed by atoms with Gasteiger partial charge in [0.05, 0.1) is 10.6 Å². The molecule has 2 aliphatic carbocycles. The first-order valence-electron chi connectivity index (χ1n) is 7.73. The van der Waals surface area contributed by atoms with Gasteiger partial charge >= 0.3 is 5.97 Å². The zero-order chi connectivity index (χ0) is 15.4. The highest BCUT2D eigenvalue weighted by Crippen LogP contribution is 2.66. The molecule has 0 radical (unpaired) electrons. The third-order valence-corrected chi connectivity index (χ3v) is 6.62. The van der Waals surface area contributed by atoms with Gasteiger partial charge in [0.25, 0.3) is 0 Å². The fourth-order valence-electron chi connectivity index (χ4n) is 4.29. The van der Waals surface area contributed by atoms with Crippen LogP contribution in [0.5, 0.6) is 0 Å². The van der Waals surface area contributed by atoms with Crippen molar-refractivity contribution in [3.05, 3.63) is 34.3 Å². The molecule has 3 unspecified atom stereocenters. The van der Waals surface area contributed by atoms with Gasteiger partial charge < -0.3 is 4.74 Å². The number of benzene rings is 1. The van der Waals surface area contributed by atoms with E-state index in [1.54, 1.807) is 6.07 Å². The number of carbonyl (C=O) groups is 1. The lowest BCUT2D eigenvalue weighted by molar-refractivity contribution is -0.0242. The van der Waals surface area contributed by atoms with Crippen LogP contribution in [0.25, 0.3) is 0 Å². The van der Waals surface area contributed by atoms with Crippen molar-refractivity contribution in [3.8, 4) is 0 Å². The minimum absolute atomic E-state index is 0.0103. The predicted octanol–water partition coefficient (Wildman–Crippen LogP) is 5.02. The number of carbonyl (C=O) groups excluding carboxylic acids is 1. The normalized spacial score (nSPS) is 33.2. The average Bonchev–Trinajstić information content (AvgIpc) is 2.71. The molecule has 2 nitrogen and oxygen atoms in total. The van der Waals surface area contributed by atoms with Gasteiger partial charge in [-0.2, -0.15) is 0 Å². The van der Waals surface area contributed by atoms with E-state index in [1.807, 2.05) is 19.1 Å². The number of fused-ring (bicyclic) bond motifs is 2. The summed E-state index contributed by atoms with van der Waals surface area (Å²) in [4.78, 5) is 12.5. The van der Waals surface area contributed by atoms with Crippen molar-refractivity contribution in [1.82, 2.24) is 0 Å². The van der Waals surface area contributed by atoms with Gasteiger partial charge in [-0.1, -0.05) is 38.4 Å². The van der Waals surface area contributed by atoms with E-state index in [0.717, 1.165) is 18.4 Å². The molecular weight excluding hydrogens is 284 g/mol. The molecule has 2 saturated carbocycles. The Hall–Kier alpha value is -1.02. The van der Waals surface area contributed by atoms with Crippen molar-refractivity contribution >= 4 is 17.6 Å². The molecule has 1 aromatic rings. The molecule has 21 heavy (non-hydrogen) atoms. The van der Waals surface area contributed by atoms with Gasteiger partial charge in [-0.25, -0.2) is 4.79 Å². The molecule has 0 N–H and O–H groups in total. The molecule has 0 spiro atoms. The quantitative estimate of drug-likeness (QED) is 0.717. The first-order valence-corrected chi connectivity index (χ1v) is 8.10. The molecule has 0 heterocycles. The van der Waals surface area contributed by atoms with Gasteiger partial charge in [0, 0.05) is 5.41 Å². The van der Waals surface area contributed by atoms with Crippen LogP contribution in [-0.4, -0.2) is 12.1 Å². The Bertz CT molecular complexity index is 593. The maximum Gasteiger partial charge on any atom is 0.339 e. The van der Waals surface area contributed by atoms with Crippen LogP contribution >= 0.6 is 11.6 Å². The van der Waals surface area contributed by atoms with Crippen LogP contribution in [0.4, 0.5) is 0 Å². The highest BCUT2D eigenvalue weighted by atomic mass is 35.5. The lowest BCUT2D eigenvalue weighted by atomic mass is 9.70. The van der Waals surface area contributed by atoms with E-state index in [-0.39, 0.29) is 22.9 Å². The van der Waals surface area contributed by atoms with Crippen molar-refractivity contribution in [2.45, 2.75) is 53.1 Å². The molecule has 2 aliphatic rings. The minimum atomic E-state index is -0.283. The van der Waals surface area contributed by atoms with Crippen LogP contribution in [0.2, 0.25) is 5.02 Å². The van der Waals surface area contributed by atoms with Crippen molar-refractivity contribution < 1.29 is 9.53 Å². The Labute approximate surface area is 131 Å². The van der Waals surface area contributed by atoms with Crippen LogP contribution in [-0.2, 0) is 4.74 Å². The SMILES string of the molecule is Cc1ccc(C(=O)OC2CC3CCC2(C)C3(C)C)c(Cl)c1. The summed E-state index contributed by atoms with van der Waals surface area (Å²) in [7, 11) is 0. The van der Waals surface area contributed by atoms with E-state index >= 15 is 0 Å². The Morgan fingerprint density at radius 3 is 2.57 bits per heavy atom. The number of aryl methyl sites for hydroxylation is 1. The van der Waals surface area contributed by atoms with Crippen molar-refractivity contribution in [3.63, 3.8) is 0 Å². The average molecular weight is 307 g/mol. The minimum Gasteiger partial charge on any atom is -0.458 e. The molecule has 0 saturated heterocycles. The lowest BCUT2D eigenvalue weighted by Crippen LogP contribution is -2.38. The molecule has 2 fully saturated rings. The highest BCUT2D eigenvalue weighted by Gasteiger charge is 2.62. The lowest BCUT2D eigenvalue weighted by Gasteiger charge is -2.38. The number of hydrogen-bond donors (Lipinski definition) is 0. The number of hydrogen-bond acceptors (Lipinski definition) is 2. The fraction of sp³-hybridized carbons (Fsp3) is 0.611. The summed E-state index contributed by atoms with van der Waals surface area (Å²) in [6.45, 7) is 8.86. The van der Waals surface area contributed by atoms with E-state index in [1.165, 1.54) is 6.42 Å². The zero-order valence-electron chi connectivity index (χ0n) is 13.2. The summed E-state index contributed by atoms with van der Waals surface area (Å²) in [5.74, 6) is 0.378. The third kappa shape index (κ3) is 2.11. The summed E-state index contributed by atoms with van der Waals surface area (Å²) in [5, 5.41) is 0.479. The van der Waals surface area contributed by atoms with Crippen molar-refractivity contribution in [2.75, 3.05) is 0 Å². The van der Waals surface area contributed by atoms with E-state index in [0.29, 0.717) is 16.5 Å². The van der Waals surface area contributed by atoms with Gasteiger partial charge in [-0.15, -0.1) is 0 Å². The summed E-state index contributed by atoms with van der Waals surface area (Å²) in [5.41, 5.74) is 1.86. The standard InChI is InChI=1S/C18H23ClO2/c1-11-5-6-13(14(19)9-11)16(20)21-15-10-12-7-8-18(15,4)17(12,2)3/h5-6,9,12,15H,7-8,10H2,1-4H3. The summed E-state index contributed by atoms with van der Waals surface area (Å²) >= 11 is 6.18. The Kier molecular flexibility index (Phi) is 3.36. The Balaban J connectivity index is 1.80. The van der Waals surface area contributed by atoms with E-state index in [2.05, 4.69) is 20.8 Å². The molecule has 0 aromatic heterocycles. The summed E-state index contributed by atoms with van der Waals surface area (Å²) in [6, 6.07) is 5.47. The van der Waals surface area contributed by atoms with Gasteiger partial charge in [0.1, 0.15) is 6.10 Å². The molecule has 114 valence electrons. The molecule has 0 aliphatic heterocycles. The Morgan fingerprint density at radius 2 is 2.05 bits per heavy atom. The second-order valence-electron chi connectivity index (χ2n) is 7.49. The largest absolute Gasteiger partial charge is 0.458 e. The molecular formula is C18H23ClO2. The number of esters is 1. The first kappa shape index (κ1) is 14.9. The second-order valence-corrected chi connectivity index (χ2v) is 7.89. The van der Waals surface area contributed by atoms with Crippen LogP contribution in [0.1, 0.15) is 56.0 Å². The number of halogens is 1. The van der Waals surface area contributed by atoms with Gasteiger partial charge in [-0.3, -0.25) is 0 Å². The third-order valence-electron chi connectivity index (χ3n) is 6.31. The summed E-state index contributed by atoms with van der Waals surface area (Å²) in [6.07, 6.45) is 3.39. The molecule has 0 amide bonds. The van der Waals surface area contributed by atoms with Gasteiger partial charge in [-0.05, 0) is 55.2 Å². The predicted molar refractivity (Wildman–Crippen MR) is 84.6 cm³/mol. The number of rotatable bonds is 2. The van der Waals surface area contributed by atoms with Gasteiger partial charge in [0.15, 0.2) is 0 Å². The number of ether oxygens (including phenoxy) is 1. The molecule has 2 bridgehead atoms. The Morgan fingerprint density at radius 1 is 1.33 bits per heavy atom. The summed E-state index contributed by atoms with van der Waals surface area (Å²) < 4.78 is 5.87. The topological polar surface area (TPSA) is 26.3 Å². The monoisotopic (exact) mass is 306 g/mol. The van der Waals surface area contributed by atoms with Gasteiger partial charge in [0.2, 0.25) is 0 Å². The van der Waals surface area contributed by atoms with E-state index in [9.17, 15) is 4.79 Å². The fourth-order valence-corrected chi connectivity index (χ4v) is 4.60. The van der Waals surface area contributed by atoms with E-state index < -0.39 is 0 Å². The van der Waals surface area contributed by atoms with Crippen LogP contribution < -0.4 is 0 Å². The maximum absolute atomic E-state index is 12.5. The smallest absolute Gasteiger partial charge is 0.339 e. The van der Waals surface area contributed by atoms with Crippen LogP contribution in [0, 0.1) is 23.7 Å². The van der Waals surface area contributed by atoms with Crippen molar-refractivity contribution in [1.29, 1.82) is 0 Å². The van der Waals surface area contributed by atoms with E-state index in [4.69, 9.17) is 16.3 Å². The molecule has 3 rings (SSSR count). The van der Waals surface area contributed by atoms with Crippen LogP contribution in [0.15, 0.2) is 18.2 Å². The van der Waals surface area contributed by atoms with Crippen LogP contribution in [0.3, 0.4) is 0 Å². The zero-order valence-corrected chi connectivity index (χ0v) is 14.0. The second kappa shape index (κ2) is 4.74. The molecule has 3 atom stereocenters. The maximum atomic E-state index is 12.5. The molecule has 3 heteroatoms.